The number of Topliss-reactive ketones (excluding diaryl/α,β-unsaturated/α-hetero) is 1. The number of hydrogen-bond acceptors (Lipinski definition) is 2. The molecule has 0 aliphatic rings. The van der Waals surface area contributed by atoms with Crippen LogP contribution in [0.5, 0.6) is 0 Å². The minimum Gasteiger partial charge on any atom is -0.384 e. The molecule has 3 heteroatoms. The molecule has 0 aliphatic heterocycles. The van der Waals surface area contributed by atoms with Gasteiger partial charge in [-0.1, -0.05) is 104 Å². The first-order chi connectivity index (χ1) is 17.2. The highest BCUT2D eigenvalue weighted by Gasteiger charge is 2.27. The number of aromatic nitrogens is 1. The molecule has 0 fully saturated rings. The predicted molar refractivity (Wildman–Crippen MR) is 143 cm³/mol. The van der Waals surface area contributed by atoms with Gasteiger partial charge in [0.05, 0.1) is 11.2 Å². The fraction of sp³-hybridized carbons (Fsp3) is 0.156. The van der Waals surface area contributed by atoms with Crippen molar-refractivity contribution in [2.24, 2.45) is 0 Å². The smallest absolute Gasteiger partial charge is 0.163 e. The van der Waals surface area contributed by atoms with Gasteiger partial charge >= 0.3 is 0 Å². The predicted octanol–water partition coefficient (Wildman–Crippen LogP) is 7.73. The first kappa shape index (κ1) is 22.8. The van der Waals surface area contributed by atoms with E-state index in [9.17, 15) is 9.90 Å². The van der Waals surface area contributed by atoms with Gasteiger partial charge in [0.1, 0.15) is 6.10 Å². The summed E-state index contributed by atoms with van der Waals surface area (Å²) >= 11 is 0. The van der Waals surface area contributed by atoms with Crippen LogP contribution in [-0.4, -0.2) is 15.3 Å². The second kappa shape index (κ2) is 10.1. The van der Waals surface area contributed by atoms with Gasteiger partial charge in [-0.25, -0.2) is 0 Å². The number of carbonyl (C=O) groups is 1. The van der Waals surface area contributed by atoms with Gasteiger partial charge < -0.3 is 9.51 Å². The van der Waals surface area contributed by atoms with Crippen molar-refractivity contribution in [1.82, 2.24) is 4.40 Å². The quantitative estimate of drug-likeness (QED) is 0.241. The van der Waals surface area contributed by atoms with Crippen LogP contribution < -0.4 is 0 Å². The maximum absolute atomic E-state index is 13.0. The van der Waals surface area contributed by atoms with Gasteiger partial charge in [0.2, 0.25) is 0 Å². The van der Waals surface area contributed by atoms with E-state index in [1.54, 1.807) is 0 Å². The number of carbonyl (C=O) groups excluding carboxylic acids is 1. The highest BCUT2D eigenvalue weighted by Crippen LogP contribution is 2.44. The van der Waals surface area contributed by atoms with E-state index in [0.29, 0.717) is 12.0 Å². The molecule has 1 atom stereocenters. The average molecular weight is 460 g/mol. The number of ketones is 1. The molecule has 0 radical (unpaired) electrons. The van der Waals surface area contributed by atoms with Crippen molar-refractivity contribution < 1.29 is 9.90 Å². The van der Waals surface area contributed by atoms with Crippen molar-refractivity contribution in [3.63, 3.8) is 0 Å². The fourth-order valence-corrected chi connectivity index (χ4v) is 4.79. The third kappa shape index (κ3) is 4.43. The van der Waals surface area contributed by atoms with Crippen LogP contribution in [-0.2, 0) is 0 Å². The SMILES string of the molecule is CCCCC(=O)c1ccn2c(-c3ccccc3)c(-c3ccccc3)c(C(O)c3ccccc3)c2c1. The zero-order chi connectivity index (χ0) is 24.2. The molecule has 1 N–H and O–H groups in total. The normalized spacial score (nSPS) is 12.1. The molecule has 3 nitrogen and oxygen atoms in total. The van der Waals surface area contributed by atoms with E-state index >= 15 is 0 Å². The molecule has 2 heterocycles. The van der Waals surface area contributed by atoms with E-state index in [-0.39, 0.29) is 5.78 Å². The number of aliphatic hydroxyl groups is 1. The average Bonchev–Trinajstić information content (AvgIpc) is 3.27. The van der Waals surface area contributed by atoms with E-state index in [1.807, 2.05) is 85.1 Å². The molecule has 0 aliphatic carbocycles. The first-order valence-corrected chi connectivity index (χ1v) is 12.2. The van der Waals surface area contributed by atoms with Crippen LogP contribution in [0, 0.1) is 0 Å². The number of hydrogen-bond donors (Lipinski definition) is 1. The van der Waals surface area contributed by atoms with Crippen molar-refractivity contribution in [1.29, 1.82) is 0 Å². The van der Waals surface area contributed by atoms with Crippen molar-refractivity contribution in [2.75, 3.05) is 0 Å². The Balaban J connectivity index is 1.85. The number of rotatable bonds is 8. The Morgan fingerprint density at radius 1 is 0.829 bits per heavy atom. The zero-order valence-electron chi connectivity index (χ0n) is 19.9. The molecule has 3 aromatic carbocycles. The molecular formula is C32H29NO2. The third-order valence-electron chi connectivity index (χ3n) is 6.56. The summed E-state index contributed by atoms with van der Waals surface area (Å²) in [7, 11) is 0. The van der Waals surface area contributed by atoms with Crippen LogP contribution in [0.4, 0.5) is 0 Å². The molecule has 35 heavy (non-hydrogen) atoms. The molecule has 174 valence electrons. The number of benzene rings is 3. The first-order valence-electron chi connectivity index (χ1n) is 12.2. The summed E-state index contributed by atoms with van der Waals surface area (Å²) in [4.78, 5) is 13.0. The summed E-state index contributed by atoms with van der Waals surface area (Å²) < 4.78 is 2.12. The minimum atomic E-state index is -0.847. The number of pyridine rings is 1. The van der Waals surface area contributed by atoms with E-state index in [0.717, 1.165) is 51.9 Å². The molecule has 1 unspecified atom stereocenters. The number of fused-ring (bicyclic) bond motifs is 1. The lowest BCUT2D eigenvalue weighted by molar-refractivity contribution is 0.0979. The van der Waals surface area contributed by atoms with Crippen LogP contribution in [0.15, 0.2) is 109 Å². The van der Waals surface area contributed by atoms with Gasteiger partial charge in [-0.15, -0.1) is 0 Å². The highest BCUT2D eigenvalue weighted by molar-refractivity contribution is 5.99. The lowest BCUT2D eigenvalue weighted by Crippen LogP contribution is -2.03. The lowest BCUT2D eigenvalue weighted by Gasteiger charge is -2.15. The van der Waals surface area contributed by atoms with Crippen molar-refractivity contribution >= 4 is 11.3 Å². The third-order valence-corrected chi connectivity index (χ3v) is 6.56. The molecule has 0 bridgehead atoms. The molecule has 0 saturated carbocycles. The summed E-state index contributed by atoms with van der Waals surface area (Å²) in [6.07, 6.45) is 3.51. The topological polar surface area (TPSA) is 41.7 Å². The molecule has 2 aromatic heterocycles. The summed E-state index contributed by atoms with van der Waals surface area (Å²) in [5.74, 6) is 0.137. The monoisotopic (exact) mass is 459 g/mol. The molecule has 5 aromatic rings. The van der Waals surface area contributed by atoms with Gasteiger partial charge in [-0.2, -0.15) is 0 Å². The van der Waals surface area contributed by atoms with Crippen LogP contribution in [0.1, 0.15) is 53.8 Å². The van der Waals surface area contributed by atoms with Crippen molar-refractivity contribution in [2.45, 2.75) is 32.3 Å². The Bertz CT molecular complexity index is 1440. The Morgan fingerprint density at radius 2 is 1.43 bits per heavy atom. The summed E-state index contributed by atoms with van der Waals surface area (Å²) in [5, 5.41) is 11.8. The zero-order valence-corrected chi connectivity index (χ0v) is 19.9. The summed E-state index contributed by atoms with van der Waals surface area (Å²) in [6, 6.07) is 34.0. The maximum atomic E-state index is 13.0. The van der Waals surface area contributed by atoms with Crippen LogP contribution in [0.25, 0.3) is 27.9 Å². The lowest BCUT2D eigenvalue weighted by atomic mass is 9.91. The molecule has 0 amide bonds. The van der Waals surface area contributed by atoms with Gasteiger partial charge in [0.15, 0.2) is 5.78 Å². The molecule has 0 saturated heterocycles. The fourth-order valence-electron chi connectivity index (χ4n) is 4.79. The van der Waals surface area contributed by atoms with E-state index in [2.05, 4.69) is 35.6 Å². The largest absolute Gasteiger partial charge is 0.384 e. The Morgan fingerprint density at radius 3 is 2.06 bits per heavy atom. The van der Waals surface area contributed by atoms with Crippen LogP contribution >= 0.6 is 0 Å². The Hall–Kier alpha value is -3.95. The van der Waals surface area contributed by atoms with Crippen LogP contribution in [0.2, 0.25) is 0 Å². The molecular weight excluding hydrogens is 430 g/mol. The maximum Gasteiger partial charge on any atom is 0.163 e. The molecule has 0 spiro atoms. The Labute approximate surface area is 206 Å². The van der Waals surface area contributed by atoms with Gasteiger partial charge in [0.25, 0.3) is 0 Å². The second-order valence-electron chi connectivity index (χ2n) is 8.88. The highest BCUT2D eigenvalue weighted by atomic mass is 16.3. The standard InChI is InChI=1S/C32H29NO2/c1-2-3-19-28(34)26-20-21-33-27(22-26)30(32(35)25-17-11-6-12-18-25)29(23-13-7-4-8-14-23)31(33)24-15-9-5-10-16-24/h4-18,20-22,32,35H,2-3,19H2,1H3. The van der Waals surface area contributed by atoms with Gasteiger partial charge in [0, 0.05) is 29.3 Å². The number of unbranched alkanes of at least 4 members (excludes halogenated alkanes) is 1. The number of aliphatic hydroxyl groups excluding tert-OH is 1. The minimum absolute atomic E-state index is 0.137. The summed E-state index contributed by atoms with van der Waals surface area (Å²) in [6.45, 7) is 2.09. The van der Waals surface area contributed by atoms with E-state index < -0.39 is 6.10 Å². The van der Waals surface area contributed by atoms with Gasteiger partial charge in [-0.05, 0) is 35.2 Å². The molecule has 5 rings (SSSR count). The van der Waals surface area contributed by atoms with E-state index in [4.69, 9.17) is 0 Å². The number of nitrogens with zero attached hydrogens (tertiary/aromatic N) is 1. The Kier molecular flexibility index (Phi) is 6.60. The second-order valence-corrected chi connectivity index (χ2v) is 8.88. The van der Waals surface area contributed by atoms with Gasteiger partial charge in [-0.3, -0.25) is 4.79 Å². The van der Waals surface area contributed by atoms with Crippen molar-refractivity contribution in [3.05, 3.63) is 126 Å². The summed E-state index contributed by atoms with van der Waals surface area (Å²) in [5.41, 5.74) is 7.23. The van der Waals surface area contributed by atoms with Crippen molar-refractivity contribution in [3.8, 4) is 22.4 Å². The van der Waals surface area contributed by atoms with Crippen LogP contribution in [0.3, 0.4) is 0 Å². The van der Waals surface area contributed by atoms with E-state index in [1.165, 1.54) is 0 Å².